The van der Waals surface area contributed by atoms with Crippen LogP contribution in [-0.2, 0) is 0 Å². The monoisotopic (exact) mass is 280 g/mol. The van der Waals surface area contributed by atoms with Gasteiger partial charge in [0.25, 0.3) is 0 Å². The molecule has 0 unspecified atom stereocenters. The number of nitrogens with two attached hydrogens (primary N) is 1. The zero-order valence-corrected chi connectivity index (χ0v) is 12.3. The molecule has 0 amide bonds. The lowest BCUT2D eigenvalue weighted by Crippen LogP contribution is -2.30. The van der Waals surface area contributed by atoms with Crippen LogP contribution in [0.2, 0.25) is 0 Å². The van der Waals surface area contributed by atoms with E-state index in [-0.39, 0.29) is 10.8 Å². The quantitative estimate of drug-likeness (QED) is 0.809. The second kappa shape index (κ2) is 5.87. The second-order valence-electron chi connectivity index (χ2n) is 5.63. The van der Waals surface area contributed by atoms with Crippen LogP contribution in [0.5, 0.6) is 0 Å². The van der Waals surface area contributed by atoms with Crippen molar-refractivity contribution in [1.29, 1.82) is 0 Å². The van der Waals surface area contributed by atoms with Crippen LogP contribution >= 0.6 is 12.2 Å². The highest BCUT2D eigenvalue weighted by atomic mass is 32.1. The van der Waals surface area contributed by atoms with Crippen molar-refractivity contribution in [2.75, 3.05) is 11.4 Å². The van der Waals surface area contributed by atoms with Crippen molar-refractivity contribution in [3.8, 4) is 0 Å². The maximum absolute atomic E-state index is 13.4. The van der Waals surface area contributed by atoms with E-state index in [0.717, 1.165) is 18.7 Å². The molecule has 0 aromatic heterocycles. The molecular weight excluding hydrogens is 259 g/mol. The van der Waals surface area contributed by atoms with E-state index in [9.17, 15) is 4.39 Å². The largest absolute Gasteiger partial charge is 0.389 e. The number of thiocarbonyl (C=S) groups is 1. The van der Waals surface area contributed by atoms with Crippen LogP contribution in [0.15, 0.2) is 18.2 Å². The first-order valence-electron chi connectivity index (χ1n) is 6.85. The third-order valence-electron chi connectivity index (χ3n) is 3.47. The number of benzene rings is 1. The van der Waals surface area contributed by atoms with Gasteiger partial charge in [0.1, 0.15) is 10.8 Å². The third-order valence-corrected chi connectivity index (χ3v) is 3.69. The maximum Gasteiger partial charge on any atom is 0.124 e. The van der Waals surface area contributed by atoms with Crippen LogP contribution < -0.4 is 10.6 Å². The summed E-state index contributed by atoms with van der Waals surface area (Å²) in [4.78, 5) is 2.61. The Kier molecular flexibility index (Phi) is 4.40. The van der Waals surface area contributed by atoms with Crippen LogP contribution in [0.25, 0.3) is 0 Å². The minimum atomic E-state index is -0.286. The van der Waals surface area contributed by atoms with Gasteiger partial charge in [0.05, 0.1) is 0 Å². The van der Waals surface area contributed by atoms with Gasteiger partial charge in [-0.3, -0.25) is 0 Å². The smallest absolute Gasteiger partial charge is 0.124 e. The predicted octanol–water partition coefficient (Wildman–Crippen LogP) is 3.47. The lowest BCUT2D eigenvalue weighted by molar-refractivity contribution is 0.570. The SMILES string of the molecule is CC(C)CCN(c1ccc(F)cc1C(N)=S)C1CC1. The highest BCUT2D eigenvalue weighted by Gasteiger charge is 2.30. The van der Waals surface area contributed by atoms with Crippen LogP contribution in [0, 0.1) is 11.7 Å². The Bertz CT molecular complexity index is 469. The molecule has 0 heterocycles. The van der Waals surface area contributed by atoms with E-state index in [1.54, 1.807) is 0 Å². The molecule has 2 rings (SSSR count). The normalized spacial score (nSPS) is 14.7. The number of rotatable bonds is 6. The third kappa shape index (κ3) is 3.66. The Labute approximate surface area is 119 Å². The van der Waals surface area contributed by atoms with E-state index in [1.165, 1.54) is 25.0 Å². The molecule has 2 nitrogen and oxygen atoms in total. The zero-order chi connectivity index (χ0) is 14.0. The van der Waals surface area contributed by atoms with E-state index < -0.39 is 0 Å². The van der Waals surface area contributed by atoms with Crippen molar-refractivity contribution in [2.45, 2.75) is 39.2 Å². The van der Waals surface area contributed by atoms with Gasteiger partial charge in [-0.05, 0) is 43.4 Å². The van der Waals surface area contributed by atoms with Gasteiger partial charge in [0, 0.05) is 23.8 Å². The Morgan fingerprint density at radius 1 is 1.47 bits per heavy atom. The zero-order valence-electron chi connectivity index (χ0n) is 11.5. The van der Waals surface area contributed by atoms with Crippen molar-refractivity contribution in [3.05, 3.63) is 29.6 Å². The Morgan fingerprint density at radius 2 is 2.16 bits per heavy atom. The van der Waals surface area contributed by atoms with Gasteiger partial charge in [-0.1, -0.05) is 26.1 Å². The van der Waals surface area contributed by atoms with Crippen molar-refractivity contribution >= 4 is 22.9 Å². The molecule has 1 aliphatic carbocycles. The van der Waals surface area contributed by atoms with E-state index in [2.05, 4.69) is 18.7 Å². The molecule has 0 aliphatic heterocycles. The molecule has 0 radical (unpaired) electrons. The Hall–Kier alpha value is -1.16. The molecule has 1 aromatic carbocycles. The summed E-state index contributed by atoms with van der Waals surface area (Å²) < 4.78 is 13.4. The van der Waals surface area contributed by atoms with Gasteiger partial charge >= 0.3 is 0 Å². The fourth-order valence-electron chi connectivity index (χ4n) is 2.24. The van der Waals surface area contributed by atoms with Crippen molar-refractivity contribution in [1.82, 2.24) is 0 Å². The molecule has 0 saturated heterocycles. The number of anilines is 1. The molecule has 1 fully saturated rings. The summed E-state index contributed by atoms with van der Waals surface area (Å²) in [6.45, 7) is 5.40. The average molecular weight is 280 g/mol. The summed E-state index contributed by atoms with van der Waals surface area (Å²) in [5.74, 6) is 0.362. The van der Waals surface area contributed by atoms with Gasteiger partial charge in [0.15, 0.2) is 0 Å². The number of hydrogen-bond acceptors (Lipinski definition) is 2. The fraction of sp³-hybridized carbons (Fsp3) is 0.533. The molecule has 104 valence electrons. The van der Waals surface area contributed by atoms with Crippen molar-refractivity contribution < 1.29 is 4.39 Å². The maximum atomic E-state index is 13.4. The molecule has 2 N–H and O–H groups in total. The topological polar surface area (TPSA) is 29.3 Å². The summed E-state index contributed by atoms with van der Waals surface area (Å²) in [7, 11) is 0. The standard InChI is InChI=1S/C15H21FN2S/c1-10(2)7-8-18(12-4-5-12)14-6-3-11(16)9-13(14)15(17)19/h3,6,9-10,12H,4-5,7-8H2,1-2H3,(H2,17,19). The summed E-state index contributed by atoms with van der Waals surface area (Å²) >= 11 is 5.06. The molecule has 1 aromatic rings. The van der Waals surface area contributed by atoms with Gasteiger partial charge in [-0.25, -0.2) is 4.39 Å². The van der Waals surface area contributed by atoms with Gasteiger partial charge < -0.3 is 10.6 Å². The molecule has 19 heavy (non-hydrogen) atoms. The summed E-state index contributed by atoms with van der Waals surface area (Å²) in [5, 5.41) is 0. The van der Waals surface area contributed by atoms with E-state index in [4.69, 9.17) is 18.0 Å². The first-order valence-corrected chi connectivity index (χ1v) is 7.26. The minimum Gasteiger partial charge on any atom is -0.389 e. The minimum absolute atomic E-state index is 0.268. The average Bonchev–Trinajstić information content (AvgIpc) is 3.14. The summed E-state index contributed by atoms with van der Waals surface area (Å²) in [6, 6.07) is 5.31. The molecule has 4 heteroatoms. The van der Waals surface area contributed by atoms with E-state index in [1.807, 2.05) is 6.07 Å². The lowest BCUT2D eigenvalue weighted by Gasteiger charge is -2.27. The molecule has 0 spiro atoms. The molecule has 1 saturated carbocycles. The Morgan fingerprint density at radius 3 is 2.68 bits per heavy atom. The lowest BCUT2D eigenvalue weighted by atomic mass is 10.1. The first-order chi connectivity index (χ1) is 8.99. The second-order valence-corrected chi connectivity index (χ2v) is 6.07. The van der Waals surface area contributed by atoms with E-state index in [0.29, 0.717) is 17.5 Å². The van der Waals surface area contributed by atoms with Crippen LogP contribution in [0.1, 0.15) is 38.7 Å². The van der Waals surface area contributed by atoms with Gasteiger partial charge in [0.2, 0.25) is 0 Å². The Balaban J connectivity index is 2.28. The molecular formula is C15H21FN2S. The van der Waals surface area contributed by atoms with Crippen LogP contribution in [0.3, 0.4) is 0 Å². The van der Waals surface area contributed by atoms with Gasteiger partial charge in [-0.15, -0.1) is 0 Å². The number of halogens is 1. The highest BCUT2D eigenvalue weighted by molar-refractivity contribution is 7.80. The van der Waals surface area contributed by atoms with Gasteiger partial charge in [-0.2, -0.15) is 0 Å². The first kappa shape index (κ1) is 14.3. The van der Waals surface area contributed by atoms with E-state index >= 15 is 0 Å². The fourth-order valence-corrected chi connectivity index (χ4v) is 2.40. The number of nitrogens with zero attached hydrogens (tertiary/aromatic N) is 1. The molecule has 0 bridgehead atoms. The summed E-state index contributed by atoms with van der Waals surface area (Å²) in [6.07, 6.45) is 3.52. The van der Waals surface area contributed by atoms with Crippen LogP contribution in [0.4, 0.5) is 10.1 Å². The van der Waals surface area contributed by atoms with Crippen molar-refractivity contribution in [2.24, 2.45) is 11.7 Å². The number of hydrogen-bond donors (Lipinski definition) is 1. The predicted molar refractivity (Wildman–Crippen MR) is 82.1 cm³/mol. The molecule has 0 atom stereocenters. The molecule has 1 aliphatic rings. The highest BCUT2D eigenvalue weighted by Crippen LogP contribution is 2.34. The van der Waals surface area contributed by atoms with Crippen LogP contribution in [-0.4, -0.2) is 17.6 Å². The van der Waals surface area contributed by atoms with Crippen molar-refractivity contribution in [3.63, 3.8) is 0 Å². The summed E-state index contributed by atoms with van der Waals surface area (Å²) in [5.41, 5.74) is 7.38.